The van der Waals surface area contributed by atoms with Gasteiger partial charge >= 0.3 is 0 Å². The van der Waals surface area contributed by atoms with Crippen LogP contribution >= 0.6 is 34.2 Å². The molecular formula is C13H11ClINO. The third kappa shape index (κ3) is 3.12. The Morgan fingerprint density at radius 2 is 1.82 bits per heavy atom. The number of nitrogens with two attached hydrogens (primary N) is 1. The molecule has 2 nitrogen and oxygen atoms in total. The average molecular weight is 360 g/mol. The molecule has 88 valence electrons. The Balaban J connectivity index is 2.29. The van der Waals surface area contributed by atoms with Crippen molar-refractivity contribution < 1.29 is 4.74 Å². The van der Waals surface area contributed by atoms with Crippen LogP contribution in [0.15, 0.2) is 42.5 Å². The van der Waals surface area contributed by atoms with Gasteiger partial charge < -0.3 is 10.5 Å². The van der Waals surface area contributed by atoms with Gasteiger partial charge in [-0.25, -0.2) is 0 Å². The molecule has 0 atom stereocenters. The zero-order valence-electron chi connectivity index (χ0n) is 8.99. The first-order valence-electron chi connectivity index (χ1n) is 5.11. The predicted molar refractivity (Wildman–Crippen MR) is 78.6 cm³/mol. The lowest BCUT2D eigenvalue weighted by Gasteiger charge is -2.11. The Morgan fingerprint density at radius 1 is 1.12 bits per heavy atom. The van der Waals surface area contributed by atoms with Crippen molar-refractivity contribution in [2.24, 2.45) is 5.73 Å². The van der Waals surface area contributed by atoms with Gasteiger partial charge in [0, 0.05) is 20.7 Å². The molecule has 0 aromatic heterocycles. The van der Waals surface area contributed by atoms with E-state index < -0.39 is 0 Å². The zero-order chi connectivity index (χ0) is 12.3. The summed E-state index contributed by atoms with van der Waals surface area (Å²) >= 11 is 8.31. The molecule has 2 rings (SSSR count). The first kappa shape index (κ1) is 12.7. The van der Waals surface area contributed by atoms with E-state index in [-0.39, 0.29) is 0 Å². The summed E-state index contributed by atoms with van der Waals surface area (Å²) in [5, 5.41) is 0.635. The maximum absolute atomic E-state index is 6.06. The van der Waals surface area contributed by atoms with E-state index in [2.05, 4.69) is 22.6 Å². The number of halogens is 2. The standard InChI is InChI=1S/C13H11ClINO/c14-12-2-1-3-13(11(12)8-16)17-10-6-4-9(15)5-7-10/h1-7H,8,16H2. The molecule has 0 heterocycles. The van der Waals surface area contributed by atoms with Crippen molar-refractivity contribution >= 4 is 34.2 Å². The maximum Gasteiger partial charge on any atom is 0.133 e. The molecule has 2 aromatic rings. The molecule has 2 N–H and O–H groups in total. The third-order valence-corrected chi connectivity index (χ3v) is 3.39. The third-order valence-electron chi connectivity index (χ3n) is 2.32. The normalized spacial score (nSPS) is 10.3. The Hall–Kier alpha value is -0.780. The highest BCUT2D eigenvalue weighted by Crippen LogP contribution is 2.30. The van der Waals surface area contributed by atoms with E-state index >= 15 is 0 Å². The molecule has 0 saturated heterocycles. The van der Waals surface area contributed by atoms with Crippen molar-refractivity contribution in [2.45, 2.75) is 6.54 Å². The highest BCUT2D eigenvalue weighted by atomic mass is 127. The Labute approximate surface area is 119 Å². The van der Waals surface area contributed by atoms with Gasteiger partial charge in [-0.2, -0.15) is 0 Å². The van der Waals surface area contributed by atoms with Crippen LogP contribution in [-0.2, 0) is 6.54 Å². The van der Waals surface area contributed by atoms with Crippen LogP contribution < -0.4 is 10.5 Å². The van der Waals surface area contributed by atoms with Gasteiger partial charge in [0.2, 0.25) is 0 Å². The molecule has 0 bridgehead atoms. The zero-order valence-corrected chi connectivity index (χ0v) is 11.9. The van der Waals surface area contributed by atoms with Crippen molar-refractivity contribution in [2.75, 3.05) is 0 Å². The molecule has 0 fully saturated rings. The van der Waals surface area contributed by atoms with E-state index in [9.17, 15) is 0 Å². The van der Waals surface area contributed by atoms with Crippen LogP contribution in [0.3, 0.4) is 0 Å². The summed E-state index contributed by atoms with van der Waals surface area (Å²) in [5.74, 6) is 1.49. The van der Waals surface area contributed by atoms with Crippen LogP contribution in [0.2, 0.25) is 5.02 Å². The van der Waals surface area contributed by atoms with Crippen LogP contribution in [0, 0.1) is 3.57 Å². The molecule has 0 aliphatic heterocycles. The molecule has 4 heteroatoms. The topological polar surface area (TPSA) is 35.2 Å². The van der Waals surface area contributed by atoms with Gasteiger partial charge in [0.25, 0.3) is 0 Å². The molecule has 0 amide bonds. The fourth-order valence-corrected chi connectivity index (χ4v) is 2.06. The minimum atomic E-state index is 0.360. The van der Waals surface area contributed by atoms with E-state index in [0.717, 1.165) is 11.3 Å². The van der Waals surface area contributed by atoms with Crippen LogP contribution in [-0.4, -0.2) is 0 Å². The Morgan fingerprint density at radius 3 is 2.47 bits per heavy atom. The fourth-order valence-electron chi connectivity index (χ4n) is 1.46. The average Bonchev–Trinajstić information content (AvgIpc) is 2.32. The van der Waals surface area contributed by atoms with E-state index in [0.29, 0.717) is 17.3 Å². The predicted octanol–water partition coefficient (Wildman–Crippen LogP) is 4.20. The van der Waals surface area contributed by atoms with Crippen LogP contribution in [0.1, 0.15) is 5.56 Å². The number of ether oxygens (including phenoxy) is 1. The fraction of sp³-hybridized carbons (Fsp3) is 0.0769. The first-order valence-corrected chi connectivity index (χ1v) is 6.57. The molecule has 2 aromatic carbocycles. The van der Waals surface area contributed by atoms with Crippen LogP contribution in [0.4, 0.5) is 0 Å². The largest absolute Gasteiger partial charge is 0.457 e. The molecule has 0 saturated carbocycles. The van der Waals surface area contributed by atoms with Gasteiger partial charge in [-0.15, -0.1) is 0 Å². The summed E-state index contributed by atoms with van der Waals surface area (Å²) in [7, 11) is 0. The lowest BCUT2D eigenvalue weighted by atomic mass is 10.2. The van der Waals surface area contributed by atoms with Crippen molar-refractivity contribution in [1.29, 1.82) is 0 Å². The van der Waals surface area contributed by atoms with Crippen molar-refractivity contribution in [3.8, 4) is 11.5 Å². The minimum absolute atomic E-state index is 0.360. The SMILES string of the molecule is NCc1c(Cl)cccc1Oc1ccc(I)cc1. The summed E-state index contributed by atoms with van der Waals surface area (Å²) in [4.78, 5) is 0. The molecule has 0 aliphatic rings. The van der Waals surface area contributed by atoms with Crippen LogP contribution in [0.25, 0.3) is 0 Å². The summed E-state index contributed by atoms with van der Waals surface area (Å²) in [6.45, 7) is 0.360. The summed E-state index contributed by atoms with van der Waals surface area (Å²) < 4.78 is 6.94. The number of hydrogen-bond acceptors (Lipinski definition) is 2. The molecule has 0 aliphatic carbocycles. The number of rotatable bonds is 3. The van der Waals surface area contributed by atoms with Gasteiger partial charge in [0.1, 0.15) is 11.5 Å². The van der Waals surface area contributed by atoms with Crippen molar-refractivity contribution in [3.63, 3.8) is 0 Å². The second kappa shape index (κ2) is 5.71. The minimum Gasteiger partial charge on any atom is -0.457 e. The lowest BCUT2D eigenvalue weighted by molar-refractivity contribution is 0.476. The quantitative estimate of drug-likeness (QED) is 0.834. The summed E-state index contributed by atoms with van der Waals surface area (Å²) in [5.41, 5.74) is 6.49. The molecule has 17 heavy (non-hydrogen) atoms. The van der Waals surface area contributed by atoms with Crippen molar-refractivity contribution in [3.05, 3.63) is 56.6 Å². The smallest absolute Gasteiger partial charge is 0.133 e. The molecule has 0 unspecified atom stereocenters. The first-order chi connectivity index (χ1) is 8.20. The monoisotopic (exact) mass is 359 g/mol. The highest BCUT2D eigenvalue weighted by molar-refractivity contribution is 14.1. The summed E-state index contributed by atoms with van der Waals surface area (Å²) in [6.07, 6.45) is 0. The molecular weight excluding hydrogens is 349 g/mol. The number of hydrogen-bond donors (Lipinski definition) is 1. The summed E-state index contributed by atoms with van der Waals surface area (Å²) in [6, 6.07) is 13.3. The Bertz CT molecular complexity index is 513. The van der Waals surface area contributed by atoms with E-state index in [4.69, 9.17) is 22.1 Å². The van der Waals surface area contributed by atoms with E-state index in [1.54, 1.807) is 0 Å². The number of benzene rings is 2. The van der Waals surface area contributed by atoms with Gasteiger partial charge in [0.15, 0.2) is 0 Å². The van der Waals surface area contributed by atoms with Crippen molar-refractivity contribution in [1.82, 2.24) is 0 Å². The van der Waals surface area contributed by atoms with Gasteiger partial charge in [-0.3, -0.25) is 0 Å². The maximum atomic E-state index is 6.06. The molecule has 0 spiro atoms. The van der Waals surface area contributed by atoms with E-state index in [1.165, 1.54) is 3.57 Å². The van der Waals surface area contributed by atoms with Gasteiger partial charge in [0.05, 0.1) is 0 Å². The Kier molecular flexibility index (Phi) is 4.25. The molecule has 0 radical (unpaired) electrons. The lowest BCUT2D eigenvalue weighted by Crippen LogP contribution is -2.00. The van der Waals surface area contributed by atoms with Crippen LogP contribution in [0.5, 0.6) is 11.5 Å². The second-order valence-electron chi connectivity index (χ2n) is 3.48. The second-order valence-corrected chi connectivity index (χ2v) is 5.13. The van der Waals surface area contributed by atoms with E-state index in [1.807, 2.05) is 42.5 Å². The van der Waals surface area contributed by atoms with Gasteiger partial charge in [-0.1, -0.05) is 17.7 Å². The van der Waals surface area contributed by atoms with Gasteiger partial charge in [-0.05, 0) is 59.0 Å². The highest BCUT2D eigenvalue weighted by Gasteiger charge is 2.07.